The molecule has 4 atom stereocenters. The molecule has 1 heterocycles. The minimum atomic E-state index is 0. The van der Waals surface area contributed by atoms with Crippen molar-refractivity contribution in [3.63, 3.8) is 0 Å². The molecular weight excluding hydrogens is 345 g/mol. The summed E-state index contributed by atoms with van der Waals surface area (Å²) in [6.45, 7) is 12.8. The van der Waals surface area contributed by atoms with Crippen LogP contribution in [0.1, 0.15) is 53.4 Å². The minimum Gasteiger partial charge on any atom is -0.354 e. The highest BCUT2D eigenvalue weighted by Crippen LogP contribution is 2.31. The van der Waals surface area contributed by atoms with Crippen molar-refractivity contribution >= 4 is 30.7 Å². The summed E-state index contributed by atoms with van der Waals surface area (Å²) in [5.41, 5.74) is 5.83. The number of piperidine rings is 1. The Bertz CT molecular complexity index is 382. The van der Waals surface area contributed by atoms with Gasteiger partial charge < -0.3 is 11.1 Å². The van der Waals surface area contributed by atoms with Crippen LogP contribution >= 0.6 is 24.8 Å². The zero-order chi connectivity index (χ0) is 16.3. The Morgan fingerprint density at radius 3 is 2.29 bits per heavy atom. The van der Waals surface area contributed by atoms with Gasteiger partial charge in [-0.1, -0.05) is 20.3 Å². The Kier molecular flexibility index (Phi) is 10.2. The molecule has 0 radical (unpaired) electrons. The molecule has 1 saturated carbocycles. The summed E-state index contributed by atoms with van der Waals surface area (Å²) in [5, 5.41) is 3.22. The van der Waals surface area contributed by atoms with Gasteiger partial charge in [0.25, 0.3) is 0 Å². The SMILES string of the molecule is CC1CC(C)CN(C(C)(C)CNC(=O)[C@@H]2CCC[C@@H]2CN)C1.Cl.Cl. The molecule has 6 heteroatoms. The Morgan fingerprint density at radius 1 is 1.17 bits per heavy atom. The van der Waals surface area contributed by atoms with E-state index in [9.17, 15) is 4.79 Å². The Balaban J connectivity index is 0.00000264. The standard InChI is InChI=1S/C18H35N3O.2ClH/c1-13-8-14(2)11-21(10-13)18(3,4)12-20-17(22)16-7-5-6-15(16)9-19;;/h13-16H,5-12,19H2,1-4H3,(H,20,22);2*1H/t13?,14?,15-,16-;;/m1../s1. The number of nitrogens with two attached hydrogens (primary N) is 1. The van der Waals surface area contributed by atoms with Crippen LogP contribution in [0.4, 0.5) is 0 Å². The van der Waals surface area contributed by atoms with Crippen molar-refractivity contribution in [1.82, 2.24) is 10.2 Å². The highest BCUT2D eigenvalue weighted by atomic mass is 35.5. The third kappa shape index (κ3) is 6.05. The van der Waals surface area contributed by atoms with Gasteiger partial charge in [-0.3, -0.25) is 9.69 Å². The summed E-state index contributed by atoms with van der Waals surface area (Å²) >= 11 is 0. The van der Waals surface area contributed by atoms with E-state index in [0.29, 0.717) is 12.5 Å². The van der Waals surface area contributed by atoms with E-state index in [1.165, 1.54) is 6.42 Å². The van der Waals surface area contributed by atoms with E-state index in [4.69, 9.17) is 5.73 Å². The number of carbonyl (C=O) groups excluding carboxylic acids is 1. The van der Waals surface area contributed by atoms with Crippen molar-refractivity contribution in [3.8, 4) is 0 Å². The molecule has 2 fully saturated rings. The topological polar surface area (TPSA) is 58.4 Å². The number of hydrogen-bond acceptors (Lipinski definition) is 3. The molecule has 4 nitrogen and oxygen atoms in total. The van der Waals surface area contributed by atoms with Crippen LogP contribution in [0, 0.1) is 23.7 Å². The predicted molar refractivity (Wildman–Crippen MR) is 106 cm³/mol. The third-order valence-corrected chi connectivity index (χ3v) is 5.72. The lowest BCUT2D eigenvalue weighted by Gasteiger charge is -2.45. The predicted octanol–water partition coefficient (Wildman–Crippen LogP) is 3.08. The maximum atomic E-state index is 12.5. The second kappa shape index (κ2) is 10.2. The summed E-state index contributed by atoms with van der Waals surface area (Å²) in [4.78, 5) is 15.0. The number of nitrogens with one attached hydrogen (secondary N) is 1. The zero-order valence-corrected chi connectivity index (χ0v) is 17.3. The number of halogens is 2. The molecule has 2 aliphatic rings. The summed E-state index contributed by atoms with van der Waals surface area (Å²) in [5.74, 6) is 2.24. The first-order valence-electron chi connectivity index (χ1n) is 9.06. The van der Waals surface area contributed by atoms with Crippen molar-refractivity contribution < 1.29 is 4.79 Å². The summed E-state index contributed by atoms with van der Waals surface area (Å²) in [6.07, 6.45) is 4.58. The average molecular weight is 382 g/mol. The van der Waals surface area contributed by atoms with Gasteiger partial charge in [0.15, 0.2) is 0 Å². The third-order valence-electron chi connectivity index (χ3n) is 5.72. The number of hydrogen-bond donors (Lipinski definition) is 2. The molecule has 1 saturated heterocycles. The van der Waals surface area contributed by atoms with Crippen LogP contribution in [0.5, 0.6) is 0 Å². The van der Waals surface area contributed by atoms with Gasteiger partial charge in [0.1, 0.15) is 0 Å². The molecule has 0 spiro atoms. The Morgan fingerprint density at radius 2 is 1.75 bits per heavy atom. The second-order valence-corrected chi connectivity index (χ2v) is 8.41. The van der Waals surface area contributed by atoms with Gasteiger partial charge in [-0.05, 0) is 57.4 Å². The van der Waals surface area contributed by atoms with Crippen LogP contribution in [0.2, 0.25) is 0 Å². The van der Waals surface area contributed by atoms with Crippen molar-refractivity contribution in [1.29, 1.82) is 0 Å². The smallest absolute Gasteiger partial charge is 0.223 e. The van der Waals surface area contributed by atoms with Crippen LogP contribution in [-0.2, 0) is 4.79 Å². The molecule has 0 aromatic heterocycles. The molecule has 3 N–H and O–H groups in total. The number of likely N-dealkylation sites (tertiary alicyclic amines) is 1. The Hall–Kier alpha value is -0.0300. The first-order chi connectivity index (χ1) is 10.3. The van der Waals surface area contributed by atoms with Crippen LogP contribution in [-0.4, -0.2) is 42.5 Å². The van der Waals surface area contributed by atoms with E-state index in [2.05, 4.69) is 37.9 Å². The van der Waals surface area contributed by atoms with Crippen molar-refractivity contribution in [2.45, 2.75) is 58.9 Å². The van der Waals surface area contributed by atoms with Gasteiger partial charge in [-0.15, -0.1) is 24.8 Å². The number of carbonyl (C=O) groups is 1. The average Bonchev–Trinajstić information content (AvgIpc) is 2.92. The number of rotatable bonds is 5. The van der Waals surface area contributed by atoms with Crippen LogP contribution in [0.25, 0.3) is 0 Å². The lowest BCUT2D eigenvalue weighted by atomic mass is 9.87. The minimum absolute atomic E-state index is 0. The van der Waals surface area contributed by atoms with Crippen molar-refractivity contribution in [3.05, 3.63) is 0 Å². The highest BCUT2D eigenvalue weighted by Gasteiger charge is 2.35. The normalized spacial score (nSPS) is 31.0. The van der Waals surface area contributed by atoms with Crippen molar-refractivity contribution in [2.24, 2.45) is 29.4 Å². The largest absolute Gasteiger partial charge is 0.354 e. The van der Waals surface area contributed by atoms with Crippen molar-refractivity contribution in [2.75, 3.05) is 26.2 Å². The quantitative estimate of drug-likeness (QED) is 0.768. The highest BCUT2D eigenvalue weighted by molar-refractivity contribution is 5.85. The summed E-state index contributed by atoms with van der Waals surface area (Å²) in [6, 6.07) is 0. The zero-order valence-electron chi connectivity index (χ0n) is 15.7. The van der Waals surface area contributed by atoms with Gasteiger partial charge in [-0.2, -0.15) is 0 Å². The van der Waals surface area contributed by atoms with E-state index in [0.717, 1.165) is 50.7 Å². The van der Waals surface area contributed by atoms with E-state index in [1.54, 1.807) is 0 Å². The van der Waals surface area contributed by atoms with Crippen LogP contribution < -0.4 is 11.1 Å². The lowest BCUT2D eigenvalue weighted by Crippen LogP contribution is -2.56. The molecule has 0 bridgehead atoms. The molecule has 1 aliphatic carbocycles. The first kappa shape index (κ1) is 24.0. The van der Waals surface area contributed by atoms with Crippen LogP contribution in [0.3, 0.4) is 0 Å². The number of nitrogens with zero attached hydrogens (tertiary/aromatic N) is 1. The van der Waals surface area contributed by atoms with E-state index in [1.807, 2.05) is 0 Å². The van der Waals surface area contributed by atoms with Gasteiger partial charge in [0.05, 0.1) is 0 Å². The molecule has 0 aromatic rings. The Labute approximate surface area is 160 Å². The van der Waals surface area contributed by atoms with Gasteiger partial charge in [0, 0.05) is 31.1 Å². The molecule has 1 amide bonds. The summed E-state index contributed by atoms with van der Waals surface area (Å²) in [7, 11) is 0. The molecule has 2 rings (SSSR count). The second-order valence-electron chi connectivity index (χ2n) is 8.41. The summed E-state index contributed by atoms with van der Waals surface area (Å²) < 4.78 is 0. The fraction of sp³-hybridized carbons (Fsp3) is 0.944. The molecule has 2 unspecified atom stereocenters. The van der Waals surface area contributed by atoms with Gasteiger partial charge in [-0.25, -0.2) is 0 Å². The van der Waals surface area contributed by atoms with E-state index in [-0.39, 0.29) is 42.2 Å². The van der Waals surface area contributed by atoms with Crippen LogP contribution in [0.15, 0.2) is 0 Å². The molecule has 1 aliphatic heterocycles. The fourth-order valence-electron chi connectivity index (χ4n) is 4.37. The fourth-order valence-corrected chi connectivity index (χ4v) is 4.37. The number of amides is 1. The van der Waals surface area contributed by atoms with Gasteiger partial charge in [0.2, 0.25) is 5.91 Å². The van der Waals surface area contributed by atoms with Gasteiger partial charge >= 0.3 is 0 Å². The molecule has 0 aromatic carbocycles. The first-order valence-corrected chi connectivity index (χ1v) is 9.06. The maximum absolute atomic E-state index is 12.5. The monoisotopic (exact) mass is 381 g/mol. The molecule has 24 heavy (non-hydrogen) atoms. The molecule has 144 valence electrons. The molecular formula is C18H37Cl2N3O. The van der Waals surface area contributed by atoms with E-state index < -0.39 is 0 Å². The maximum Gasteiger partial charge on any atom is 0.223 e. The van der Waals surface area contributed by atoms with E-state index >= 15 is 0 Å². The lowest BCUT2D eigenvalue weighted by molar-refractivity contribution is -0.126.